The lowest BCUT2D eigenvalue weighted by molar-refractivity contribution is -0.137. The van der Waals surface area contributed by atoms with Gasteiger partial charge in [-0.2, -0.15) is 0 Å². The molecule has 0 saturated heterocycles. The molecular formula is C22H44O3Si. The third-order valence-corrected chi connectivity index (χ3v) is 9.87. The van der Waals surface area contributed by atoms with Crippen molar-refractivity contribution in [3.05, 3.63) is 12.2 Å². The van der Waals surface area contributed by atoms with Crippen molar-refractivity contribution in [3.63, 3.8) is 0 Å². The van der Waals surface area contributed by atoms with E-state index in [4.69, 9.17) is 9.16 Å². The van der Waals surface area contributed by atoms with Crippen LogP contribution in [0.15, 0.2) is 12.2 Å². The minimum absolute atomic E-state index is 0.205. The van der Waals surface area contributed by atoms with Gasteiger partial charge in [0.25, 0.3) is 0 Å². The van der Waals surface area contributed by atoms with Crippen molar-refractivity contribution in [2.75, 3.05) is 6.61 Å². The van der Waals surface area contributed by atoms with Crippen LogP contribution in [-0.4, -0.2) is 27.0 Å². The van der Waals surface area contributed by atoms with E-state index in [0.29, 0.717) is 6.61 Å². The lowest BCUT2D eigenvalue weighted by Gasteiger charge is -2.39. The summed E-state index contributed by atoms with van der Waals surface area (Å²) in [5.74, 6) is -0.255. The molecule has 0 spiro atoms. The lowest BCUT2D eigenvalue weighted by Crippen LogP contribution is -2.43. The summed E-state index contributed by atoms with van der Waals surface area (Å²) in [4.78, 5) is 11.5. The number of hydrogen-bond donors (Lipinski definition) is 0. The average molecular weight is 385 g/mol. The topological polar surface area (TPSA) is 35.5 Å². The van der Waals surface area contributed by atoms with E-state index in [9.17, 15) is 4.79 Å². The molecule has 0 bridgehead atoms. The van der Waals surface area contributed by atoms with Crippen LogP contribution in [0, 0.1) is 0 Å². The fraction of sp³-hybridized carbons (Fsp3) is 0.864. The van der Waals surface area contributed by atoms with Crippen molar-refractivity contribution in [1.29, 1.82) is 0 Å². The van der Waals surface area contributed by atoms with Gasteiger partial charge in [0.1, 0.15) is 0 Å². The molecule has 0 heterocycles. The molecule has 0 aliphatic carbocycles. The summed E-state index contributed by atoms with van der Waals surface area (Å²) in [6.07, 6.45) is 14.7. The molecule has 0 aromatic heterocycles. The van der Waals surface area contributed by atoms with Gasteiger partial charge in [0.2, 0.25) is 0 Å². The third-order valence-electron chi connectivity index (χ3n) is 5.34. The number of hydrogen-bond acceptors (Lipinski definition) is 3. The van der Waals surface area contributed by atoms with Crippen molar-refractivity contribution in [3.8, 4) is 0 Å². The van der Waals surface area contributed by atoms with Crippen LogP contribution in [0.3, 0.4) is 0 Å². The molecule has 0 rings (SSSR count). The van der Waals surface area contributed by atoms with Crippen molar-refractivity contribution in [2.24, 2.45) is 0 Å². The lowest BCUT2D eigenvalue weighted by atomic mass is 10.0. The number of carbonyl (C=O) groups is 1. The van der Waals surface area contributed by atoms with Crippen molar-refractivity contribution < 1.29 is 14.0 Å². The first kappa shape index (κ1) is 25.4. The standard InChI is InChI=1S/C22H44O3Si/c1-8-10-11-12-13-14-15-17-20(18-16-19-21(23)24-9-2)25-26(6,7)22(3,4)5/h16,19-20H,8-15,17-18H2,1-7H3/b19-16+/t20-/m1/s1. The molecule has 1 atom stereocenters. The molecule has 3 nitrogen and oxygen atoms in total. The van der Waals surface area contributed by atoms with E-state index in [-0.39, 0.29) is 17.1 Å². The van der Waals surface area contributed by atoms with Crippen LogP contribution >= 0.6 is 0 Å². The number of unbranched alkanes of at least 4 members (excludes halogenated alkanes) is 6. The van der Waals surface area contributed by atoms with Gasteiger partial charge < -0.3 is 9.16 Å². The van der Waals surface area contributed by atoms with Crippen molar-refractivity contribution in [1.82, 2.24) is 0 Å². The molecule has 0 N–H and O–H groups in total. The van der Waals surface area contributed by atoms with Crippen LogP contribution in [0.4, 0.5) is 0 Å². The Balaban J connectivity index is 4.52. The maximum absolute atomic E-state index is 11.5. The molecule has 0 fully saturated rings. The molecule has 0 aliphatic rings. The fourth-order valence-electron chi connectivity index (χ4n) is 2.65. The highest BCUT2D eigenvalue weighted by Crippen LogP contribution is 2.38. The van der Waals surface area contributed by atoms with Gasteiger partial charge in [-0.15, -0.1) is 0 Å². The van der Waals surface area contributed by atoms with Gasteiger partial charge >= 0.3 is 5.97 Å². The average Bonchev–Trinajstić information content (AvgIpc) is 2.52. The van der Waals surface area contributed by atoms with E-state index in [0.717, 1.165) is 12.8 Å². The number of esters is 1. The largest absolute Gasteiger partial charge is 0.463 e. The van der Waals surface area contributed by atoms with Gasteiger partial charge in [0, 0.05) is 12.2 Å². The van der Waals surface area contributed by atoms with Crippen LogP contribution in [0.1, 0.15) is 92.4 Å². The van der Waals surface area contributed by atoms with Gasteiger partial charge in [-0.25, -0.2) is 4.79 Å². The van der Waals surface area contributed by atoms with E-state index in [1.807, 2.05) is 13.0 Å². The fourth-order valence-corrected chi connectivity index (χ4v) is 4.05. The highest BCUT2D eigenvalue weighted by Gasteiger charge is 2.38. The normalized spacial score (nSPS) is 14.0. The smallest absolute Gasteiger partial charge is 0.330 e. The highest BCUT2D eigenvalue weighted by molar-refractivity contribution is 6.74. The summed E-state index contributed by atoms with van der Waals surface area (Å²) in [7, 11) is -1.80. The van der Waals surface area contributed by atoms with Crippen LogP contribution in [0.2, 0.25) is 18.1 Å². The number of carbonyl (C=O) groups excluding carboxylic acids is 1. The minimum atomic E-state index is -1.80. The zero-order valence-corrected chi connectivity index (χ0v) is 19.5. The van der Waals surface area contributed by atoms with Gasteiger partial charge in [-0.1, -0.05) is 78.7 Å². The molecule has 0 amide bonds. The maximum atomic E-state index is 11.5. The Bertz CT molecular complexity index is 397. The predicted octanol–water partition coefficient (Wildman–Crippen LogP) is 7.03. The first-order chi connectivity index (χ1) is 12.1. The van der Waals surface area contributed by atoms with Crippen LogP contribution < -0.4 is 0 Å². The Hall–Kier alpha value is -0.613. The molecule has 0 unspecified atom stereocenters. The molecule has 0 saturated carbocycles. The van der Waals surface area contributed by atoms with E-state index in [1.165, 1.54) is 44.9 Å². The Kier molecular flexibility index (Phi) is 13.2. The zero-order chi connectivity index (χ0) is 20.1. The SMILES string of the molecule is CCCCCCCCC[C@H](C/C=C/C(=O)OCC)O[Si](C)(C)C(C)(C)C. The molecular weight excluding hydrogens is 340 g/mol. The second-order valence-corrected chi connectivity index (χ2v) is 13.6. The number of rotatable bonds is 14. The van der Waals surface area contributed by atoms with E-state index in [2.05, 4.69) is 40.8 Å². The Morgan fingerprint density at radius 1 is 1.00 bits per heavy atom. The molecule has 0 aromatic rings. The molecule has 0 aromatic carbocycles. The first-order valence-electron chi connectivity index (χ1n) is 10.6. The van der Waals surface area contributed by atoms with Crippen molar-refractivity contribution in [2.45, 2.75) is 117 Å². The van der Waals surface area contributed by atoms with Crippen LogP contribution in [0.25, 0.3) is 0 Å². The Morgan fingerprint density at radius 3 is 2.12 bits per heavy atom. The van der Waals surface area contributed by atoms with Gasteiger partial charge in [-0.3, -0.25) is 0 Å². The monoisotopic (exact) mass is 384 g/mol. The molecule has 154 valence electrons. The Labute approximate surface area is 164 Å². The van der Waals surface area contributed by atoms with Gasteiger partial charge in [0.05, 0.1) is 6.61 Å². The summed E-state index contributed by atoms with van der Waals surface area (Å²) in [5, 5.41) is 0.205. The summed E-state index contributed by atoms with van der Waals surface area (Å²) in [6.45, 7) is 15.9. The number of ether oxygens (including phenoxy) is 1. The molecule has 26 heavy (non-hydrogen) atoms. The molecule has 0 radical (unpaired) electrons. The quantitative estimate of drug-likeness (QED) is 0.140. The minimum Gasteiger partial charge on any atom is -0.463 e. The van der Waals surface area contributed by atoms with E-state index < -0.39 is 8.32 Å². The summed E-state index contributed by atoms with van der Waals surface area (Å²) in [6, 6.07) is 0. The highest BCUT2D eigenvalue weighted by atomic mass is 28.4. The predicted molar refractivity (Wildman–Crippen MR) is 115 cm³/mol. The Morgan fingerprint density at radius 2 is 1.58 bits per heavy atom. The second-order valence-electron chi connectivity index (χ2n) is 8.80. The zero-order valence-electron chi connectivity index (χ0n) is 18.5. The van der Waals surface area contributed by atoms with Crippen LogP contribution in [-0.2, 0) is 14.0 Å². The van der Waals surface area contributed by atoms with Gasteiger partial charge in [-0.05, 0) is 37.9 Å². The third kappa shape index (κ3) is 11.9. The second kappa shape index (κ2) is 13.5. The maximum Gasteiger partial charge on any atom is 0.330 e. The van der Waals surface area contributed by atoms with Crippen LogP contribution in [0.5, 0.6) is 0 Å². The molecule has 4 heteroatoms. The first-order valence-corrected chi connectivity index (χ1v) is 13.6. The summed E-state index contributed by atoms with van der Waals surface area (Å²) < 4.78 is 11.6. The van der Waals surface area contributed by atoms with E-state index >= 15 is 0 Å². The molecule has 0 aliphatic heterocycles. The summed E-state index contributed by atoms with van der Waals surface area (Å²) >= 11 is 0. The van der Waals surface area contributed by atoms with E-state index in [1.54, 1.807) is 6.08 Å². The van der Waals surface area contributed by atoms with Gasteiger partial charge in [0.15, 0.2) is 8.32 Å². The summed E-state index contributed by atoms with van der Waals surface area (Å²) in [5.41, 5.74) is 0. The van der Waals surface area contributed by atoms with Crippen molar-refractivity contribution >= 4 is 14.3 Å².